The topological polar surface area (TPSA) is 40.5 Å². The van der Waals surface area contributed by atoms with Gasteiger partial charge in [-0.1, -0.05) is 24.3 Å². The quantitative estimate of drug-likeness (QED) is 0.891. The summed E-state index contributed by atoms with van der Waals surface area (Å²) >= 11 is 0. The van der Waals surface area contributed by atoms with E-state index in [-0.39, 0.29) is 12.1 Å². The van der Waals surface area contributed by atoms with Gasteiger partial charge in [0, 0.05) is 11.6 Å². The van der Waals surface area contributed by atoms with Gasteiger partial charge in [-0.05, 0) is 44.7 Å². The van der Waals surface area contributed by atoms with Gasteiger partial charge in [0.25, 0.3) is 0 Å². The van der Waals surface area contributed by atoms with Gasteiger partial charge < -0.3 is 5.11 Å². The minimum Gasteiger partial charge on any atom is -0.480 e. The molecule has 0 unspecified atom stereocenters. The number of aliphatic carboxylic acids is 1. The molecule has 0 saturated carbocycles. The maximum Gasteiger partial charge on any atom is 0.317 e. The van der Waals surface area contributed by atoms with Crippen molar-refractivity contribution in [1.82, 2.24) is 4.90 Å². The zero-order valence-corrected chi connectivity index (χ0v) is 11.3. The van der Waals surface area contributed by atoms with Gasteiger partial charge in [-0.3, -0.25) is 9.69 Å². The Labute approximate surface area is 108 Å². The highest BCUT2D eigenvalue weighted by atomic mass is 16.4. The summed E-state index contributed by atoms with van der Waals surface area (Å²) < 4.78 is 0. The maximum atomic E-state index is 11.0. The third-order valence-corrected chi connectivity index (χ3v) is 3.64. The lowest BCUT2D eigenvalue weighted by Crippen LogP contribution is -2.50. The van der Waals surface area contributed by atoms with E-state index in [1.54, 1.807) is 0 Å². The summed E-state index contributed by atoms with van der Waals surface area (Å²) in [5, 5.41) is 9.08. The Bertz CT molecular complexity index is 423. The molecule has 0 aliphatic heterocycles. The highest BCUT2D eigenvalue weighted by Crippen LogP contribution is 2.29. The van der Waals surface area contributed by atoms with Gasteiger partial charge in [-0.15, -0.1) is 0 Å². The van der Waals surface area contributed by atoms with Gasteiger partial charge in [0.1, 0.15) is 0 Å². The molecule has 1 N–H and O–H groups in total. The number of benzene rings is 1. The predicted molar refractivity (Wildman–Crippen MR) is 71.7 cm³/mol. The third-order valence-electron chi connectivity index (χ3n) is 3.64. The zero-order valence-electron chi connectivity index (χ0n) is 11.3. The van der Waals surface area contributed by atoms with Crippen molar-refractivity contribution in [2.24, 2.45) is 0 Å². The Morgan fingerprint density at radius 3 is 2.17 bits per heavy atom. The van der Waals surface area contributed by atoms with E-state index in [1.807, 2.05) is 0 Å². The summed E-state index contributed by atoms with van der Waals surface area (Å²) in [5.41, 5.74) is 2.61. The van der Waals surface area contributed by atoms with Gasteiger partial charge in [0.05, 0.1) is 6.54 Å². The normalized spacial score (nSPS) is 16.0. The Hall–Kier alpha value is -1.35. The Morgan fingerprint density at radius 1 is 1.28 bits per heavy atom. The molecule has 0 bridgehead atoms. The van der Waals surface area contributed by atoms with Crippen LogP contribution in [0.3, 0.4) is 0 Å². The number of nitrogens with zero attached hydrogens (tertiary/aromatic N) is 1. The summed E-state index contributed by atoms with van der Waals surface area (Å²) in [4.78, 5) is 13.2. The Kier molecular flexibility index (Phi) is 3.44. The molecule has 98 valence electrons. The van der Waals surface area contributed by atoms with Crippen LogP contribution in [0.4, 0.5) is 0 Å². The van der Waals surface area contributed by atoms with E-state index in [9.17, 15) is 4.79 Å². The Morgan fingerprint density at radius 2 is 1.78 bits per heavy atom. The molecule has 1 aliphatic carbocycles. The molecule has 1 aromatic carbocycles. The molecule has 0 amide bonds. The highest BCUT2D eigenvalue weighted by Gasteiger charge is 2.34. The second-order valence-electron chi connectivity index (χ2n) is 6.02. The third kappa shape index (κ3) is 2.72. The van der Waals surface area contributed by atoms with E-state index in [1.165, 1.54) is 11.1 Å². The molecule has 3 nitrogen and oxygen atoms in total. The molecule has 1 aromatic rings. The standard InChI is InChI=1S/C15H21NO2/c1-15(2,3)16(10-14(17)18)13-8-11-6-4-5-7-12(11)9-13/h4-7,13H,8-10H2,1-3H3,(H,17,18). The van der Waals surface area contributed by atoms with Crippen LogP contribution in [0.2, 0.25) is 0 Å². The van der Waals surface area contributed by atoms with Crippen LogP contribution in [0.5, 0.6) is 0 Å². The minimum absolute atomic E-state index is 0.113. The van der Waals surface area contributed by atoms with Crippen molar-refractivity contribution in [3.05, 3.63) is 35.4 Å². The number of rotatable bonds is 3. The van der Waals surface area contributed by atoms with E-state index >= 15 is 0 Å². The fraction of sp³-hybridized carbons (Fsp3) is 0.533. The van der Waals surface area contributed by atoms with Crippen molar-refractivity contribution in [3.8, 4) is 0 Å². The van der Waals surface area contributed by atoms with Crippen LogP contribution in [0.1, 0.15) is 31.9 Å². The molecule has 0 heterocycles. The molecule has 0 aromatic heterocycles. The van der Waals surface area contributed by atoms with Gasteiger partial charge in [-0.2, -0.15) is 0 Å². The predicted octanol–water partition coefficient (Wildman–Crippen LogP) is 2.34. The summed E-state index contributed by atoms with van der Waals surface area (Å²) in [5.74, 6) is -0.749. The van der Waals surface area contributed by atoms with E-state index in [0.29, 0.717) is 6.04 Å². The van der Waals surface area contributed by atoms with Crippen LogP contribution in [0.25, 0.3) is 0 Å². The molecule has 18 heavy (non-hydrogen) atoms. The van der Waals surface area contributed by atoms with Crippen molar-refractivity contribution in [1.29, 1.82) is 0 Å². The molecule has 0 saturated heterocycles. The first-order chi connectivity index (χ1) is 8.38. The highest BCUT2D eigenvalue weighted by molar-refractivity contribution is 5.69. The number of hydrogen-bond acceptors (Lipinski definition) is 2. The van der Waals surface area contributed by atoms with Gasteiger partial charge in [0.2, 0.25) is 0 Å². The van der Waals surface area contributed by atoms with Gasteiger partial charge in [-0.25, -0.2) is 0 Å². The van der Waals surface area contributed by atoms with Crippen molar-refractivity contribution < 1.29 is 9.90 Å². The number of carbonyl (C=O) groups is 1. The van der Waals surface area contributed by atoms with Crippen LogP contribution in [0.15, 0.2) is 24.3 Å². The van der Waals surface area contributed by atoms with Crippen molar-refractivity contribution in [3.63, 3.8) is 0 Å². The number of hydrogen-bond donors (Lipinski definition) is 1. The van der Waals surface area contributed by atoms with Crippen LogP contribution >= 0.6 is 0 Å². The van der Waals surface area contributed by atoms with Crippen LogP contribution in [-0.2, 0) is 17.6 Å². The average Bonchev–Trinajstić information content (AvgIpc) is 2.67. The van der Waals surface area contributed by atoms with Crippen LogP contribution in [-0.4, -0.2) is 34.1 Å². The average molecular weight is 247 g/mol. The summed E-state index contributed by atoms with van der Waals surface area (Å²) in [6.07, 6.45) is 1.92. The second-order valence-corrected chi connectivity index (χ2v) is 6.02. The SMILES string of the molecule is CC(C)(C)N(CC(=O)O)C1Cc2ccccc2C1. The molecule has 1 aliphatic rings. The fourth-order valence-electron chi connectivity index (χ4n) is 2.82. The smallest absolute Gasteiger partial charge is 0.317 e. The molecule has 0 fully saturated rings. The molecule has 2 rings (SSSR count). The van der Waals surface area contributed by atoms with E-state index < -0.39 is 5.97 Å². The van der Waals surface area contributed by atoms with Crippen molar-refractivity contribution in [2.75, 3.05) is 6.54 Å². The first-order valence-corrected chi connectivity index (χ1v) is 6.43. The maximum absolute atomic E-state index is 11.0. The largest absolute Gasteiger partial charge is 0.480 e. The fourth-order valence-corrected chi connectivity index (χ4v) is 2.82. The lowest BCUT2D eigenvalue weighted by atomic mass is 10.0. The van der Waals surface area contributed by atoms with Crippen LogP contribution in [0, 0.1) is 0 Å². The summed E-state index contributed by atoms with van der Waals surface area (Å²) in [6.45, 7) is 6.36. The lowest BCUT2D eigenvalue weighted by molar-refractivity contribution is -0.140. The number of carboxylic acids is 1. The van der Waals surface area contributed by atoms with Gasteiger partial charge in [0.15, 0.2) is 0 Å². The van der Waals surface area contributed by atoms with Crippen molar-refractivity contribution in [2.45, 2.75) is 45.2 Å². The monoisotopic (exact) mass is 247 g/mol. The molecule has 0 atom stereocenters. The minimum atomic E-state index is -0.749. The Balaban J connectivity index is 2.18. The second kappa shape index (κ2) is 4.73. The van der Waals surface area contributed by atoms with Crippen LogP contribution < -0.4 is 0 Å². The van der Waals surface area contributed by atoms with E-state index in [0.717, 1.165) is 12.8 Å². The van der Waals surface area contributed by atoms with E-state index in [2.05, 4.69) is 49.9 Å². The molecule has 0 radical (unpaired) electrons. The summed E-state index contributed by atoms with van der Waals surface area (Å²) in [6, 6.07) is 8.71. The van der Waals surface area contributed by atoms with Crippen molar-refractivity contribution >= 4 is 5.97 Å². The molecular formula is C15H21NO2. The molecular weight excluding hydrogens is 226 g/mol. The first-order valence-electron chi connectivity index (χ1n) is 6.43. The van der Waals surface area contributed by atoms with E-state index in [4.69, 9.17) is 5.11 Å². The molecule has 3 heteroatoms. The lowest BCUT2D eigenvalue weighted by Gasteiger charge is -2.39. The van der Waals surface area contributed by atoms with Gasteiger partial charge >= 0.3 is 5.97 Å². The first kappa shape index (κ1) is 13.1. The number of carboxylic acid groups (broad SMARTS) is 1. The number of fused-ring (bicyclic) bond motifs is 1. The summed E-state index contributed by atoms with van der Waals surface area (Å²) in [7, 11) is 0. The molecule has 0 spiro atoms. The zero-order chi connectivity index (χ0) is 13.3.